The Kier molecular flexibility index (Phi) is 6.09. The van der Waals surface area contributed by atoms with Gasteiger partial charge < -0.3 is 20.1 Å². The summed E-state index contributed by atoms with van der Waals surface area (Å²) in [4.78, 5) is 23.9. The molecular formula is C25H29FN4O3. The highest BCUT2D eigenvalue weighted by Crippen LogP contribution is 2.33. The monoisotopic (exact) mass is 452 g/mol. The van der Waals surface area contributed by atoms with Gasteiger partial charge >= 0.3 is 0 Å². The van der Waals surface area contributed by atoms with Crippen molar-refractivity contribution in [2.75, 3.05) is 31.2 Å². The molecular weight excluding hydrogens is 423 g/mol. The number of para-hydroxylation sites is 1. The van der Waals surface area contributed by atoms with Crippen molar-refractivity contribution in [2.45, 2.75) is 31.7 Å². The molecule has 2 aliphatic heterocycles. The minimum atomic E-state index is -0.358. The Hall–Kier alpha value is -3.26. The lowest BCUT2D eigenvalue weighted by Crippen LogP contribution is -2.38. The summed E-state index contributed by atoms with van der Waals surface area (Å²) < 4.78 is 19.5. The SMILES string of the molecule is O=C(CC1CCOCC1)N[C@H]1CCN(c2nc(-c3ccccc3O)nc3ccc(F)cc23)C1.[HH]. The maximum absolute atomic E-state index is 14.1. The highest BCUT2D eigenvalue weighted by Gasteiger charge is 2.28. The Labute approximate surface area is 193 Å². The number of carbonyl (C=O) groups excluding carboxylic acids is 1. The number of phenolic OH excluding ortho intramolecular Hbond substituents is 1. The Morgan fingerprint density at radius 2 is 2.00 bits per heavy atom. The van der Waals surface area contributed by atoms with E-state index in [0.29, 0.717) is 53.5 Å². The molecule has 7 nitrogen and oxygen atoms in total. The van der Waals surface area contributed by atoms with E-state index in [1.54, 1.807) is 24.3 Å². The molecule has 3 aromatic rings. The van der Waals surface area contributed by atoms with Crippen LogP contribution in [-0.2, 0) is 9.53 Å². The summed E-state index contributed by atoms with van der Waals surface area (Å²) in [6, 6.07) is 11.3. The zero-order valence-electron chi connectivity index (χ0n) is 18.3. The molecule has 174 valence electrons. The van der Waals surface area contributed by atoms with E-state index in [0.717, 1.165) is 32.5 Å². The van der Waals surface area contributed by atoms with E-state index in [1.165, 1.54) is 12.1 Å². The van der Waals surface area contributed by atoms with Crippen LogP contribution in [0.3, 0.4) is 0 Å². The summed E-state index contributed by atoms with van der Waals surface area (Å²) in [7, 11) is 0. The standard InChI is InChI=1S/C25H27FN4O3.H2/c26-17-5-6-21-20(14-17)25(29-24(28-21)19-3-1-2-4-22(19)31)30-10-7-18(15-30)27-23(32)13-16-8-11-33-12-9-16;/h1-6,14,16,18,31H,7-13,15H2,(H,27,32);1H/t18-;/m0./s1. The maximum Gasteiger partial charge on any atom is 0.220 e. The van der Waals surface area contributed by atoms with Crippen LogP contribution in [0.1, 0.15) is 27.1 Å². The van der Waals surface area contributed by atoms with Gasteiger partial charge in [0.2, 0.25) is 5.91 Å². The number of halogens is 1. The molecule has 1 atom stereocenters. The van der Waals surface area contributed by atoms with Gasteiger partial charge in [0.05, 0.1) is 11.1 Å². The van der Waals surface area contributed by atoms with Crippen molar-refractivity contribution in [1.82, 2.24) is 15.3 Å². The topological polar surface area (TPSA) is 87.6 Å². The first kappa shape index (κ1) is 21.6. The lowest BCUT2D eigenvalue weighted by Gasteiger charge is -2.23. The molecule has 8 heteroatoms. The molecule has 2 fully saturated rings. The molecule has 2 aliphatic rings. The van der Waals surface area contributed by atoms with Crippen LogP contribution in [0.4, 0.5) is 10.2 Å². The highest BCUT2D eigenvalue weighted by atomic mass is 19.1. The molecule has 2 aromatic carbocycles. The van der Waals surface area contributed by atoms with E-state index in [9.17, 15) is 14.3 Å². The fourth-order valence-electron chi connectivity index (χ4n) is 4.68. The van der Waals surface area contributed by atoms with Crippen LogP contribution < -0.4 is 10.2 Å². The van der Waals surface area contributed by atoms with Crippen molar-refractivity contribution in [1.29, 1.82) is 0 Å². The van der Waals surface area contributed by atoms with E-state index in [2.05, 4.69) is 15.2 Å². The van der Waals surface area contributed by atoms with Gasteiger partial charge in [-0.3, -0.25) is 4.79 Å². The van der Waals surface area contributed by atoms with Gasteiger partial charge in [-0.2, -0.15) is 0 Å². The molecule has 0 bridgehead atoms. The molecule has 0 aliphatic carbocycles. The zero-order chi connectivity index (χ0) is 22.8. The van der Waals surface area contributed by atoms with E-state index < -0.39 is 0 Å². The normalized spacial score (nSPS) is 19.2. The number of nitrogens with one attached hydrogen (secondary N) is 1. The molecule has 1 aromatic heterocycles. The Balaban J connectivity index is 0.00000274. The van der Waals surface area contributed by atoms with Crippen molar-refractivity contribution in [3.05, 3.63) is 48.3 Å². The third-order valence-corrected chi connectivity index (χ3v) is 6.45. The Morgan fingerprint density at radius 1 is 1.18 bits per heavy atom. The second kappa shape index (κ2) is 9.31. The summed E-state index contributed by atoms with van der Waals surface area (Å²) in [6.45, 7) is 2.73. The van der Waals surface area contributed by atoms with Gasteiger partial charge in [-0.15, -0.1) is 0 Å². The molecule has 2 N–H and O–H groups in total. The number of nitrogens with zero attached hydrogens (tertiary/aromatic N) is 3. The van der Waals surface area contributed by atoms with E-state index >= 15 is 0 Å². The highest BCUT2D eigenvalue weighted by molar-refractivity contribution is 5.91. The Morgan fingerprint density at radius 3 is 2.82 bits per heavy atom. The van der Waals surface area contributed by atoms with Crippen LogP contribution in [0, 0.1) is 11.7 Å². The quantitative estimate of drug-likeness (QED) is 0.611. The molecule has 0 spiro atoms. The van der Waals surface area contributed by atoms with E-state index in [-0.39, 0.29) is 24.9 Å². The number of ether oxygens (including phenoxy) is 1. The van der Waals surface area contributed by atoms with Crippen LogP contribution >= 0.6 is 0 Å². The van der Waals surface area contributed by atoms with Gasteiger partial charge in [0, 0.05) is 45.6 Å². The third-order valence-electron chi connectivity index (χ3n) is 6.45. The molecule has 0 radical (unpaired) electrons. The Bertz CT molecular complexity index is 1170. The second-order valence-corrected chi connectivity index (χ2v) is 8.81. The number of phenols is 1. The minimum absolute atomic E-state index is 0. The summed E-state index contributed by atoms with van der Waals surface area (Å²) in [5, 5.41) is 14.1. The summed E-state index contributed by atoms with van der Waals surface area (Å²) in [6.07, 6.45) is 3.17. The largest absolute Gasteiger partial charge is 0.507 e. The molecule has 0 unspecified atom stereocenters. The van der Waals surface area contributed by atoms with Crippen molar-refractivity contribution in [2.24, 2.45) is 5.92 Å². The second-order valence-electron chi connectivity index (χ2n) is 8.81. The van der Waals surface area contributed by atoms with Gasteiger partial charge in [0.25, 0.3) is 0 Å². The van der Waals surface area contributed by atoms with Gasteiger partial charge in [-0.1, -0.05) is 12.1 Å². The van der Waals surface area contributed by atoms with Crippen molar-refractivity contribution in [3.63, 3.8) is 0 Å². The first-order valence-corrected chi connectivity index (χ1v) is 11.4. The fraction of sp³-hybridized carbons (Fsp3) is 0.400. The first-order valence-electron chi connectivity index (χ1n) is 11.4. The molecule has 5 rings (SSSR count). The number of aromatic nitrogens is 2. The first-order chi connectivity index (χ1) is 16.1. The van der Waals surface area contributed by atoms with Gasteiger partial charge in [0.1, 0.15) is 17.4 Å². The summed E-state index contributed by atoms with van der Waals surface area (Å²) >= 11 is 0. The number of carbonyl (C=O) groups is 1. The smallest absolute Gasteiger partial charge is 0.220 e. The predicted octanol–water partition coefficient (Wildman–Crippen LogP) is 3.90. The number of hydrogen-bond acceptors (Lipinski definition) is 6. The zero-order valence-corrected chi connectivity index (χ0v) is 18.3. The van der Waals surface area contributed by atoms with Crippen LogP contribution in [0.2, 0.25) is 0 Å². The minimum Gasteiger partial charge on any atom is -0.507 e. The molecule has 1 amide bonds. The molecule has 3 heterocycles. The average Bonchev–Trinajstić information content (AvgIpc) is 3.27. The van der Waals surface area contributed by atoms with Crippen LogP contribution in [0.15, 0.2) is 42.5 Å². The molecule has 2 saturated heterocycles. The maximum atomic E-state index is 14.1. The number of amides is 1. The van der Waals surface area contributed by atoms with Crippen LogP contribution in [-0.4, -0.2) is 53.3 Å². The summed E-state index contributed by atoms with van der Waals surface area (Å²) in [5.74, 6) is 1.18. The summed E-state index contributed by atoms with van der Waals surface area (Å²) in [5.41, 5.74) is 1.12. The van der Waals surface area contributed by atoms with Gasteiger partial charge in [0.15, 0.2) is 5.82 Å². The lowest BCUT2D eigenvalue weighted by molar-refractivity contribution is -0.123. The number of aromatic hydroxyl groups is 1. The number of benzene rings is 2. The van der Waals surface area contributed by atoms with Crippen molar-refractivity contribution in [3.8, 4) is 17.1 Å². The van der Waals surface area contributed by atoms with Crippen molar-refractivity contribution >= 4 is 22.6 Å². The van der Waals surface area contributed by atoms with Gasteiger partial charge in [-0.05, 0) is 55.5 Å². The lowest BCUT2D eigenvalue weighted by atomic mass is 9.96. The van der Waals surface area contributed by atoms with E-state index in [4.69, 9.17) is 9.72 Å². The van der Waals surface area contributed by atoms with Crippen LogP contribution in [0.25, 0.3) is 22.3 Å². The number of anilines is 1. The average molecular weight is 453 g/mol. The number of rotatable bonds is 5. The fourth-order valence-corrected chi connectivity index (χ4v) is 4.68. The number of fused-ring (bicyclic) bond motifs is 1. The van der Waals surface area contributed by atoms with Crippen molar-refractivity contribution < 1.29 is 20.5 Å². The van der Waals surface area contributed by atoms with Crippen LogP contribution in [0.5, 0.6) is 5.75 Å². The third kappa shape index (κ3) is 4.75. The molecule has 33 heavy (non-hydrogen) atoms. The van der Waals surface area contributed by atoms with E-state index in [1.807, 2.05) is 6.07 Å². The number of hydrogen-bond donors (Lipinski definition) is 2. The molecule has 0 saturated carbocycles. The predicted molar refractivity (Wildman–Crippen MR) is 126 cm³/mol. The van der Waals surface area contributed by atoms with Gasteiger partial charge in [-0.25, -0.2) is 14.4 Å².